The Labute approximate surface area is 170 Å². The second-order valence-electron chi connectivity index (χ2n) is 8.15. The summed E-state index contributed by atoms with van der Waals surface area (Å²) in [6.45, 7) is 3.31. The lowest BCUT2D eigenvalue weighted by atomic mass is 9.93. The number of nitriles is 1. The van der Waals surface area contributed by atoms with Crippen molar-refractivity contribution in [2.24, 2.45) is 5.41 Å². The van der Waals surface area contributed by atoms with Gasteiger partial charge in [0.15, 0.2) is 0 Å². The van der Waals surface area contributed by atoms with Crippen LogP contribution in [-0.2, 0) is 4.79 Å². The summed E-state index contributed by atoms with van der Waals surface area (Å²) >= 11 is 0. The molecule has 4 rings (SSSR count). The molecular formula is C23H24N4O2. The monoisotopic (exact) mass is 388 g/mol. The minimum absolute atomic E-state index is 0.0215. The van der Waals surface area contributed by atoms with E-state index in [0.29, 0.717) is 22.2 Å². The van der Waals surface area contributed by atoms with Crippen LogP contribution in [0.5, 0.6) is 0 Å². The minimum atomic E-state index is -0.567. The fraction of sp³-hybridized carbons (Fsp3) is 0.391. The lowest BCUT2D eigenvalue weighted by molar-refractivity contribution is -0.134. The molecule has 0 bridgehead atoms. The van der Waals surface area contributed by atoms with Crippen LogP contribution in [0.15, 0.2) is 42.6 Å². The van der Waals surface area contributed by atoms with Crippen molar-refractivity contribution in [3.8, 4) is 17.3 Å². The highest BCUT2D eigenvalue weighted by molar-refractivity contribution is 5.97. The van der Waals surface area contributed by atoms with Crippen molar-refractivity contribution >= 4 is 11.8 Å². The van der Waals surface area contributed by atoms with E-state index in [2.05, 4.69) is 16.4 Å². The van der Waals surface area contributed by atoms with Gasteiger partial charge in [-0.15, -0.1) is 0 Å². The Balaban J connectivity index is 1.36. The van der Waals surface area contributed by atoms with E-state index in [0.717, 1.165) is 31.5 Å². The van der Waals surface area contributed by atoms with Gasteiger partial charge in [0.2, 0.25) is 5.91 Å². The predicted octanol–water partition coefficient (Wildman–Crippen LogP) is 3.14. The van der Waals surface area contributed by atoms with Crippen molar-refractivity contribution in [1.82, 2.24) is 15.2 Å². The highest BCUT2D eigenvalue weighted by Gasteiger charge is 2.45. The third kappa shape index (κ3) is 4.14. The topological polar surface area (TPSA) is 86.1 Å². The molecule has 1 aliphatic heterocycles. The van der Waals surface area contributed by atoms with Crippen molar-refractivity contribution in [2.75, 3.05) is 13.1 Å². The molecule has 2 aliphatic rings. The number of carbonyl (C=O) groups excluding carboxylic acids is 2. The molecule has 6 nitrogen and oxygen atoms in total. The molecule has 2 heterocycles. The van der Waals surface area contributed by atoms with Gasteiger partial charge in [-0.05, 0) is 62.3 Å². The van der Waals surface area contributed by atoms with E-state index < -0.39 is 6.04 Å². The molecule has 2 fully saturated rings. The van der Waals surface area contributed by atoms with E-state index >= 15 is 0 Å². The third-order valence-electron chi connectivity index (χ3n) is 6.12. The maximum Gasteiger partial charge on any atom is 0.253 e. The molecule has 1 aliphatic carbocycles. The molecule has 2 aromatic rings. The smallest absolute Gasteiger partial charge is 0.253 e. The number of carbonyl (C=O) groups is 2. The molecule has 1 N–H and O–H groups in total. The number of aromatic nitrogens is 1. The fourth-order valence-electron chi connectivity index (χ4n) is 3.94. The van der Waals surface area contributed by atoms with Gasteiger partial charge in [0.1, 0.15) is 6.04 Å². The summed E-state index contributed by atoms with van der Waals surface area (Å²) < 4.78 is 0. The molecule has 1 aromatic carbocycles. The van der Waals surface area contributed by atoms with Crippen LogP contribution in [0.3, 0.4) is 0 Å². The Kier molecular flexibility index (Phi) is 5.06. The van der Waals surface area contributed by atoms with Gasteiger partial charge in [0.25, 0.3) is 5.91 Å². The summed E-state index contributed by atoms with van der Waals surface area (Å²) in [6.07, 6.45) is 6.25. The van der Waals surface area contributed by atoms with Gasteiger partial charge < -0.3 is 10.2 Å². The second-order valence-corrected chi connectivity index (χ2v) is 8.15. The molecule has 6 heteroatoms. The van der Waals surface area contributed by atoms with Gasteiger partial charge in [-0.2, -0.15) is 5.26 Å². The third-order valence-corrected chi connectivity index (χ3v) is 6.12. The number of nitrogens with one attached hydrogen (secondary N) is 1. The van der Waals surface area contributed by atoms with Gasteiger partial charge in [-0.1, -0.05) is 12.1 Å². The maximum absolute atomic E-state index is 12.7. The van der Waals surface area contributed by atoms with Gasteiger partial charge in [0.05, 0.1) is 22.9 Å². The van der Waals surface area contributed by atoms with Crippen LogP contribution >= 0.6 is 0 Å². The van der Waals surface area contributed by atoms with Crippen molar-refractivity contribution in [1.29, 1.82) is 5.26 Å². The van der Waals surface area contributed by atoms with Crippen LogP contribution in [0.25, 0.3) is 11.3 Å². The Morgan fingerprint density at radius 3 is 2.55 bits per heavy atom. The second kappa shape index (κ2) is 7.67. The van der Waals surface area contributed by atoms with E-state index in [1.807, 2.05) is 11.0 Å². The first-order valence-corrected chi connectivity index (χ1v) is 10.1. The molecule has 1 unspecified atom stereocenters. The largest absolute Gasteiger partial charge is 0.341 e. The van der Waals surface area contributed by atoms with Crippen molar-refractivity contribution in [3.63, 3.8) is 0 Å². The Bertz CT molecular complexity index is 963. The van der Waals surface area contributed by atoms with Gasteiger partial charge in [-0.25, -0.2) is 0 Å². The van der Waals surface area contributed by atoms with Crippen LogP contribution in [0.1, 0.15) is 48.5 Å². The summed E-state index contributed by atoms with van der Waals surface area (Å²) in [7, 11) is 0. The van der Waals surface area contributed by atoms with Crippen LogP contribution in [0, 0.1) is 16.7 Å². The number of rotatable bonds is 4. The SMILES string of the molecule is CC(NC(=O)c1ccc(-c2cccc(C#N)c2)nc1)C(=O)N1CCC2(CC1)CC2. The average molecular weight is 388 g/mol. The highest BCUT2D eigenvalue weighted by Crippen LogP contribution is 2.53. The Morgan fingerprint density at radius 1 is 1.17 bits per heavy atom. The number of amides is 2. The number of hydrogen-bond acceptors (Lipinski definition) is 4. The van der Waals surface area contributed by atoms with Crippen LogP contribution in [0.4, 0.5) is 0 Å². The van der Waals surface area contributed by atoms with Gasteiger partial charge in [0, 0.05) is 24.8 Å². The van der Waals surface area contributed by atoms with E-state index in [9.17, 15) is 9.59 Å². The molecule has 1 aromatic heterocycles. The van der Waals surface area contributed by atoms with Crippen molar-refractivity contribution < 1.29 is 9.59 Å². The zero-order chi connectivity index (χ0) is 20.4. The van der Waals surface area contributed by atoms with Crippen LogP contribution in [-0.4, -0.2) is 40.8 Å². The standard InChI is InChI=1S/C23H24N4O2/c1-16(22(29)27-11-9-23(7-8-23)10-12-27)26-21(28)19-5-6-20(25-15-19)18-4-2-3-17(13-18)14-24/h2-6,13,15-16H,7-12H2,1H3,(H,26,28). The molecule has 1 saturated carbocycles. The van der Waals surface area contributed by atoms with Gasteiger partial charge >= 0.3 is 0 Å². The summed E-state index contributed by atoms with van der Waals surface area (Å²) in [4.78, 5) is 31.4. The predicted molar refractivity (Wildman–Crippen MR) is 109 cm³/mol. The highest BCUT2D eigenvalue weighted by atomic mass is 16.2. The molecule has 0 radical (unpaired) electrons. The Morgan fingerprint density at radius 2 is 1.93 bits per heavy atom. The molecular weight excluding hydrogens is 364 g/mol. The lowest BCUT2D eigenvalue weighted by Crippen LogP contribution is -2.49. The number of benzene rings is 1. The first kappa shape index (κ1) is 19.1. The quantitative estimate of drug-likeness (QED) is 0.872. The normalized spacial score (nSPS) is 18.0. The van der Waals surface area contributed by atoms with Crippen LogP contribution < -0.4 is 5.32 Å². The average Bonchev–Trinajstić information content (AvgIpc) is 3.52. The molecule has 29 heavy (non-hydrogen) atoms. The number of pyridine rings is 1. The van der Waals surface area contributed by atoms with Crippen LogP contribution in [0.2, 0.25) is 0 Å². The maximum atomic E-state index is 12.7. The molecule has 148 valence electrons. The zero-order valence-electron chi connectivity index (χ0n) is 16.5. The minimum Gasteiger partial charge on any atom is -0.341 e. The lowest BCUT2D eigenvalue weighted by Gasteiger charge is -2.33. The molecule has 1 atom stereocenters. The zero-order valence-corrected chi connectivity index (χ0v) is 16.5. The summed E-state index contributed by atoms with van der Waals surface area (Å²) in [5, 5.41) is 11.8. The molecule has 1 spiro atoms. The van der Waals surface area contributed by atoms with E-state index in [1.165, 1.54) is 19.0 Å². The molecule has 1 saturated heterocycles. The number of nitrogens with zero attached hydrogens (tertiary/aromatic N) is 3. The van der Waals surface area contributed by atoms with Crippen molar-refractivity contribution in [3.05, 3.63) is 53.7 Å². The summed E-state index contributed by atoms with van der Waals surface area (Å²) in [5.74, 6) is -0.335. The van der Waals surface area contributed by atoms with E-state index in [1.54, 1.807) is 37.3 Å². The first-order chi connectivity index (χ1) is 14.0. The first-order valence-electron chi connectivity index (χ1n) is 10.1. The summed E-state index contributed by atoms with van der Waals surface area (Å²) in [6, 6.07) is 12.1. The fourth-order valence-corrected chi connectivity index (χ4v) is 3.94. The molecule has 2 amide bonds. The number of likely N-dealkylation sites (tertiary alicyclic amines) is 1. The Hall–Kier alpha value is -3.20. The van der Waals surface area contributed by atoms with E-state index in [4.69, 9.17) is 5.26 Å². The summed E-state index contributed by atoms with van der Waals surface area (Å²) in [5.41, 5.74) is 2.98. The van der Waals surface area contributed by atoms with Crippen molar-refractivity contribution in [2.45, 2.75) is 38.6 Å². The number of piperidine rings is 1. The van der Waals surface area contributed by atoms with E-state index in [-0.39, 0.29) is 11.8 Å². The van der Waals surface area contributed by atoms with Gasteiger partial charge in [-0.3, -0.25) is 14.6 Å². The number of hydrogen-bond donors (Lipinski definition) is 1.